The monoisotopic (exact) mass is 244 g/mol. The van der Waals surface area contributed by atoms with Crippen LogP contribution in [0.25, 0.3) is 0 Å². The van der Waals surface area contributed by atoms with E-state index in [9.17, 15) is 4.79 Å². The van der Waals surface area contributed by atoms with Crippen molar-refractivity contribution in [3.8, 4) is 5.75 Å². The number of benzene rings is 1. The molecule has 0 unspecified atom stereocenters. The largest absolute Gasteiger partial charge is 0.497 e. The average molecular weight is 244 g/mol. The molecule has 18 heavy (non-hydrogen) atoms. The van der Waals surface area contributed by atoms with Crippen LogP contribution in [0.1, 0.15) is 21.6 Å². The Morgan fingerprint density at radius 3 is 2.61 bits per heavy atom. The summed E-state index contributed by atoms with van der Waals surface area (Å²) in [5.41, 5.74) is 2.66. The van der Waals surface area contributed by atoms with E-state index >= 15 is 0 Å². The third-order valence-corrected chi connectivity index (χ3v) is 2.68. The number of hydrogen-bond acceptors (Lipinski definition) is 2. The molecule has 0 atom stereocenters. The molecule has 1 heterocycles. The van der Waals surface area contributed by atoms with Crippen LogP contribution in [0.5, 0.6) is 5.75 Å². The van der Waals surface area contributed by atoms with Crippen LogP contribution in [0.2, 0.25) is 0 Å². The third-order valence-electron chi connectivity index (χ3n) is 2.68. The van der Waals surface area contributed by atoms with E-state index in [1.54, 1.807) is 7.11 Å². The molecule has 0 saturated carbocycles. The maximum atomic E-state index is 11.8. The number of H-pyrrole nitrogens is 1. The van der Waals surface area contributed by atoms with Gasteiger partial charge >= 0.3 is 0 Å². The molecule has 0 aliphatic rings. The smallest absolute Gasteiger partial charge is 0.267 e. The molecule has 4 heteroatoms. The number of aromatic nitrogens is 1. The number of ether oxygens (including phenoxy) is 1. The minimum atomic E-state index is -0.0982. The molecule has 2 aromatic rings. The van der Waals surface area contributed by atoms with Crippen LogP contribution in [0.15, 0.2) is 36.5 Å². The van der Waals surface area contributed by atoms with E-state index in [0.29, 0.717) is 12.2 Å². The summed E-state index contributed by atoms with van der Waals surface area (Å²) in [6, 6.07) is 9.43. The maximum Gasteiger partial charge on any atom is 0.267 e. The van der Waals surface area contributed by atoms with Crippen molar-refractivity contribution in [1.82, 2.24) is 10.3 Å². The topological polar surface area (TPSA) is 54.1 Å². The molecule has 2 rings (SSSR count). The highest BCUT2D eigenvalue weighted by Crippen LogP contribution is 2.11. The Balaban J connectivity index is 1.92. The minimum absolute atomic E-state index is 0.0982. The Kier molecular flexibility index (Phi) is 3.67. The quantitative estimate of drug-likeness (QED) is 0.866. The Morgan fingerprint density at radius 2 is 2.06 bits per heavy atom. The normalized spacial score (nSPS) is 10.1. The molecule has 1 amide bonds. The van der Waals surface area contributed by atoms with Gasteiger partial charge in [0.15, 0.2) is 0 Å². The Hall–Kier alpha value is -2.23. The Labute approximate surface area is 106 Å². The van der Waals surface area contributed by atoms with Gasteiger partial charge in [-0.25, -0.2) is 0 Å². The molecule has 0 aliphatic carbocycles. The number of nitrogens with one attached hydrogen (secondary N) is 2. The first kappa shape index (κ1) is 12.2. The van der Waals surface area contributed by atoms with E-state index in [-0.39, 0.29) is 5.91 Å². The molecule has 0 saturated heterocycles. The van der Waals surface area contributed by atoms with Gasteiger partial charge in [0, 0.05) is 12.7 Å². The number of hydrogen-bond donors (Lipinski definition) is 2. The fourth-order valence-electron chi connectivity index (χ4n) is 1.65. The number of aryl methyl sites for hydroxylation is 1. The second-order valence-electron chi connectivity index (χ2n) is 4.12. The summed E-state index contributed by atoms with van der Waals surface area (Å²) in [6.45, 7) is 2.44. The lowest BCUT2D eigenvalue weighted by Gasteiger charge is -2.05. The summed E-state index contributed by atoms with van der Waals surface area (Å²) >= 11 is 0. The average Bonchev–Trinajstić information content (AvgIpc) is 2.83. The molecule has 0 aliphatic heterocycles. The molecular formula is C14H16N2O2. The van der Waals surface area contributed by atoms with E-state index in [1.165, 1.54) is 0 Å². The van der Waals surface area contributed by atoms with Crippen molar-refractivity contribution in [1.29, 1.82) is 0 Å². The summed E-state index contributed by atoms with van der Waals surface area (Å²) in [7, 11) is 1.63. The standard InChI is InChI=1S/C14H16N2O2/c1-10-7-13(15-8-10)14(17)16-9-11-3-5-12(18-2)6-4-11/h3-8,15H,9H2,1-2H3,(H,16,17). The van der Waals surface area contributed by atoms with Crippen molar-refractivity contribution in [2.45, 2.75) is 13.5 Å². The molecule has 1 aromatic heterocycles. The Morgan fingerprint density at radius 1 is 1.33 bits per heavy atom. The van der Waals surface area contributed by atoms with Crippen LogP contribution < -0.4 is 10.1 Å². The highest BCUT2D eigenvalue weighted by molar-refractivity contribution is 5.92. The van der Waals surface area contributed by atoms with Gasteiger partial charge in [0.25, 0.3) is 5.91 Å². The van der Waals surface area contributed by atoms with Gasteiger partial charge in [-0.15, -0.1) is 0 Å². The summed E-state index contributed by atoms with van der Waals surface area (Å²) in [5.74, 6) is 0.712. The highest BCUT2D eigenvalue weighted by atomic mass is 16.5. The van der Waals surface area contributed by atoms with Crippen LogP contribution >= 0.6 is 0 Å². The van der Waals surface area contributed by atoms with Crippen molar-refractivity contribution in [3.05, 3.63) is 53.3 Å². The zero-order chi connectivity index (χ0) is 13.0. The van der Waals surface area contributed by atoms with Crippen LogP contribution in [0.3, 0.4) is 0 Å². The van der Waals surface area contributed by atoms with Crippen molar-refractivity contribution in [2.24, 2.45) is 0 Å². The predicted octanol–water partition coefficient (Wildman–Crippen LogP) is 2.26. The predicted molar refractivity (Wildman–Crippen MR) is 69.7 cm³/mol. The lowest BCUT2D eigenvalue weighted by molar-refractivity contribution is 0.0946. The number of carbonyl (C=O) groups excluding carboxylic acids is 1. The first-order chi connectivity index (χ1) is 8.69. The fraction of sp³-hybridized carbons (Fsp3) is 0.214. The molecule has 0 radical (unpaired) electrons. The van der Waals surface area contributed by atoms with Crippen LogP contribution in [0, 0.1) is 6.92 Å². The Bertz CT molecular complexity index is 529. The summed E-state index contributed by atoms with van der Waals surface area (Å²) in [6.07, 6.45) is 1.81. The number of amides is 1. The zero-order valence-corrected chi connectivity index (χ0v) is 10.5. The van der Waals surface area contributed by atoms with Gasteiger partial charge in [0.2, 0.25) is 0 Å². The van der Waals surface area contributed by atoms with Crippen LogP contribution in [-0.2, 0) is 6.54 Å². The van der Waals surface area contributed by atoms with E-state index in [2.05, 4.69) is 10.3 Å². The highest BCUT2D eigenvalue weighted by Gasteiger charge is 2.06. The lowest BCUT2D eigenvalue weighted by Crippen LogP contribution is -2.22. The first-order valence-electron chi connectivity index (χ1n) is 5.75. The molecule has 0 bridgehead atoms. The van der Waals surface area contributed by atoms with Crippen molar-refractivity contribution in [3.63, 3.8) is 0 Å². The van der Waals surface area contributed by atoms with Gasteiger partial charge in [0.1, 0.15) is 11.4 Å². The second-order valence-corrected chi connectivity index (χ2v) is 4.12. The molecule has 0 fully saturated rings. The summed E-state index contributed by atoms with van der Waals surface area (Å²) in [5, 5.41) is 2.86. The van der Waals surface area contributed by atoms with Gasteiger partial charge in [0.05, 0.1) is 7.11 Å². The maximum absolute atomic E-state index is 11.8. The van der Waals surface area contributed by atoms with Crippen molar-refractivity contribution in [2.75, 3.05) is 7.11 Å². The fourth-order valence-corrected chi connectivity index (χ4v) is 1.65. The molecular weight excluding hydrogens is 228 g/mol. The van der Waals surface area contributed by atoms with Crippen LogP contribution in [0.4, 0.5) is 0 Å². The number of carbonyl (C=O) groups is 1. The number of methoxy groups -OCH3 is 1. The van der Waals surface area contributed by atoms with E-state index in [4.69, 9.17) is 4.74 Å². The van der Waals surface area contributed by atoms with Gasteiger partial charge in [-0.05, 0) is 36.2 Å². The number of rotatable bonds is 4. The van der Waals surface area contributed by atoms with Crippen molar-refractivity contribution < 1.29 is 9.53 Å². The first-order valence-corrected chi connectivity index (χ1v) is 5.75. The van der Waals surface area contributed by atoms with Gasteiger partial charge in [-0.2, -0.15) is 0 Å². The third kappa shape index (κ3) is 2.91. The number of aromatic amines is 1. The van der Waals surface area contributed by atoms with E-state index in [1.807, 2.05) is 43.5 Å². The summed E-state index contributed by atoms with van der Waals surface area (Å²) < 4.78 is 5.07. The van der Waals surface area contributed by atoms with E-state index < -0.39 is 0 Å². The second kappa shape index (κ2) is 5.40. The SMILES string of the molecule is COc1ccc(CNC(=O)c2cc(C)c[nH]2)cc1. The van der Waals surface area contributed by atoms with Gasteiger partial charge in [-0.3, -0.25) is 4.79 Å². The zero-order valence-electron chi connectivity index (χ0n) is 10.5. The molecule has 4 nitrogen and oxygen atoms in total. The molecule has 0 spiro atoms. The van der Waals surface area contributed by atoms with Crippen molar-refractivity contribution >= 4 is 5.91 Å². The molecule has 2 N–H and O–H groups in total. The summed E-state index contributed by atoms with van der Waals surface area (Å²) in [4.78, 5) is 14.7. The van der Waals surface area contributed by atoms with Crippen LogP contribution in [-0.4, -0.2) is 18.0 Å². The molecule has 94 valence electrons. The van der Waals surface area contributed by atoms with Gasteiger partial charge < -0.3 is 15.0 Å². The molecule has 1 aromatic carbocycles. The lowest BCUT2D eigenvalue weighted by atomic mass is 10.2. The minimum Gasteiger partial charge on any atom is -0.497 e. The van der Waals surface area contributed by atoms with E-state index in [0.717, 1.165) is 16.9 Å². The van der Waals surface area contributed by atoms with Gasteiger partial charge in [-0.1, -0.05) is 12.1 Å².